The third kappa shape index (κ3) is 2.53. The van der Waals surface area contributed by atoms with Gasteiger partial charge in [-0.1, -0.05) is 0 Å². The Balaban J connectivity index is 2.51. The smallest absolute Gasteiger partial charge is 0.267 e. The Labute approximate surface area is 117 Å². The van der Waals surface area contributed by atoms with Gasteiger partial charge >= 0.3 is 0 Å². The zero-order valence-electron chi connectivity index (χ0n) is 11.1. The molecule has 0 fully saturated rings. The summed E-state index contributed by atoms with van der Waals surface area (Å²) in [5, 5.41) is 0. The molecule has 0 unspecified atom stereocenters. The van der Waals surface area contributed by atoms with Crippen molar-refractivity contribution in [2.45, 2.75) is 4.90 Å². The Hall–Kier alpha value is -2.28. The second-order valence-electron chi connectivity index (χ2n) is 4.09. The summed E-state index contributed by atoms with van der Waals surface area (Å²) in [5.41, 5.74) is 6.53. The molecule has 2 N–H and O–H groups in total. The number of nitrogens with two attached hydrogens (primary N) is 1. The second kappa shape index (κ2) is 5.38. The standard InChI is InChI=1S/C13H15N3O3S/c1-16(11-4-3-7-15-9-11)20(17,18)13-6-5-10(14)8-12(13)19-2/h3-9H,14H2,1-2H3. The number of aromatic nitrogens is 1. The Morgan fingerprint density at radius 1 is 1.30 bits per heavy atom. The van der Waals surface area contributed by atoms with Crippen LogP contribution in [0, 0.1) is 0 Å². The topological polar surface area (TPSA) is 85.5 Å². The Morgan fingerprint density at radius 3 is 2.65 bits per heavy atom. The van der Waals surface area contributed by atoms with Gasteiger partial charge in [0, 0.05) is 25.0 Å². The Morgan fingerprint density at radius 2 is 2.05 bits per heavy atom. The highest BCUT2D eigenvalue weighted by Crippen LogP contribution is 2.30. The number of anilines is 2. The first-order valence-electron chi connectivity index (χ1n) is 5.79. The van der Waals surface area contributed by atoms with Crippen molar-refractivity contribution in [3.63, 3.8) is 0 Å². The SMILES string of the molecule is COc1cc(N)ccc1S(=O)(=O)N(C)c1cccnc1. The predicted molar refractivity (Wildman–Crippen MR) is 77.2 cm³/mol. The van der Waals surface area contributed by atoms with Gasteiger partial charge in [0.1, 0.15) is 10.6 Å². The van der Waals surface area contributed by atoms with Crippen molar-refractivity contribution in [2.75, 3.05) is 24.2 Å². The van der Waals surface area contributed by atoms with E-state index in [2.05, 4.69) is 4.98 Å². The first-order chi connectivity index (χ1) is 9.46. The maximum absolute atomic E-state index is 12.6. The van der Waals surface area contributed by atoms with E-state index in [-0.39, 0.29) is 10.6 Å². The molecule has 0 amide bonds. The van der Waals surface area contributed by atoms with Crippen molar-refractivity contribution in [3.8, 4) is 5.75 Å². The minimum absolute atomic E-state index is 0.0561. The molecule has 106 valence electrons. The van der Waals surface area contributed by atoms with Gasteiger partial charge in [0.05, 0.1) is 19.0 Å². The molecule has 0 saturated carbocycles. The minimum atomic E-state index is -3.74. The van der Waals surface area contributed by atoms with Crippen molar-refractivity contribution in [2.24, 2.45) is 0 Å². The molecule has 2 rings (SSSR count). The summed E-state index contributed by atoms with van der Waals surface area (Å²) in [5.74, 6) is 0.209. The number of nitrogen functional groups attached to an aromatic ring is 1. The first kappa shape index (κ1) is 14.1. The number of sulfonamides is 1. The summed E-state index contributed by atoms with van der Waals surface area (Å²) in [6.45, 7) is 0. The molecule has 0 bridgehead atoms. The van der Waals surface area contributed by atoms with Crippen LogP contribution in [0.25, 0.3) is 0 Å². The fraction of sp³-hybridized carbons (Fsp3) is 0.154. The highest BCUT2D eigenvalue weighted by Gasteiger charge is 2.25. The van der Waals surface area contributed by atoms with E-state index in [0.717, 1.165) is 4.31 Å². The van der Waals surface area contributed by atoms with Crippen LogP contribution in [0.4, 0.5) is 11.4 Å². The van der Waals surface area contributed by atoms with E-state index in [4.69, 9.17) is 10.5 Å². The van der Waals surface area contributed by atoms with Crippen LogP contribution >= 0.6 is 0 Å². The number of hydrogen-bond donors (Lipinski definition) is 1. The van der Waals surface area contributed by atoms with E-state index in [1.165, 1.54) is 38.6 Å². The summed E-state index contributed by atoms with van der Waals surface area (Å²) in [4.78, 5) is 3.97. The molecule has 1 aromatic carbocycles. The average molecular weight is 293 g/mol. The van der Waals surface area contributed by atoms with Crippen LogP contribution in [0.5, 0.6) is 5.75 Å². The van der Waals surface area contributed by atoms with Crippen LogP contribution in [0.1, 0.15) is 0 Å². The largest absolute Gasteiger partial charge is 0.495 e. The van der Waals surface area contributed by atoms with Gasteiger partial charge in [-0.3, -0.25) is 9.29 Å². The number of pyridine rings is 1. The number of rotatable bonds is 4. The van der Waals surface area contributed by atoms with Gasteiger partial charge in [-0.25, -0.2) is 8.42 Å². The van der Waals surface area contributed by atoms with E-state index < -0.39 is 10.0 Å². The number of benzene rings is 1. The van der Waals surface area contributed by atoms with Crippen LogP contribution in [0.2, 0.25) is 0 Å². The first-order valence-corrected chi connectivity index (χ1v) is 7.23. The maximum atomic E-state index is 12.6. The molecule has 6 nitrogen and oxygen atoms in total. The number of nitrogens with zero attached hydrogens (tertiary/aromatic N) is 2. The van der Waals surface area contributed by atoms with Crippen LogP contribution in [0.15, 0.2) is 47.6 Å². The van der Waals surface area contributed by atoms with E-state index in [9.17, 15) is 8.42 Å². The normalized spacial score (nSPS) is 11.1. The average Bonchev–Trinajstić information content (AvgIpc) is 2.46. The van der Waals surface area contributed by atoms with Crippen molar-refractivity contribution in [1.82, 2.24) is 4.98 Å². The fourth-order valence-corrected chi connectivity index (χ4v) is 3.04. The van der Waals surface area contributed by atoms with E-state index in [1.54, 1.807) is 18.3 Å². The van der Waals surface area contributed by atoms with Crippen LogP contribution in [0.3, 0.4) is 0 Å². The van der Waals surface area contributed by atoms with Crippen molar-refractivity contribution in [1.29, 1.82) is 0 Å². The summed E-state index contributed by atoms with van der Waals surface area (Å²) in [6.07, 6.45) is 3.05. The van der Waals surface area contributed by atoms with Gasteiger partial charge in [0.15, 0.2) is 0 Å². The van der Waals surface area contributed by atoms with Crippen LogP contribution < -0.4 is 14.8 Å². The molecular formula is C13H15N3O3S. The fourth-order valence-electron chi connectivity index (χ4n) is 1.72. The molecule has 7 heteroatoms. The van der Waals surface area contributed by atoms with Crippen molar-refractivity contribution < 1.29 is 13.2 Å². The zero-order chi connectivity index (χ0) is 14.8. The lowest BCUT2D eigenvalue weighted by atomic mass is 10.3. The van der Waals surface area contributed by atoms with Gasteiger partial charge < -0.3 is 10.5 Å². The van der Waals surface area contributed by atoms with Gasteiger partial charge in [0.2, 0.25) is 0 Å². The summed E-state index contributed by atoms with van der Waals surface area (Å²) < 4.78 is 31.4. The molecule has 0 radical (unpaired) electrons. The molecule has 0 aliphatic carbocycles. The van der Waals surface area contributed by atoms with E-state index in [1.807, 2.05) is 0 Å². The molecule has 0 saturated heterocycles. The predicted octanol–water partition coefficient (Wildman–Crippen LogP) is 1.50. The third-order valence-corrected chi connectivity index (χ3v) is 4.66. The Bertz CT molecular complexity index is 702. The number of methoxy groups -OCH3 is 1. The van der Waals surface area contributed by atoms with Crippen molar-refractivity contribution in [3.05, 3.63) is 42.7 Å². The molecule has 0 aliphatic heterocycles. The van der Waals surface area contributed by atoms with Crippen molar-refractivity contribution >= 4 is 21.4 Å². The molecule has 2 aromatic rings. The zero-order valence-corrected chi connectivity index (χ0v) is 12.0. The molecular weight excluding hydrogens is 278 g/mol. The molecule has 20 heavy (non-hydrogen) atoms. The lowest BCUT2D eigenvalue weighted by Crippen LogP contribution is -2.27. The summed E-state index contributed by atoms with van der Waals surface area (Å²) in [7, 11) is -0.878. The highest BCUT2D eigenvalue weighted by atomic mass is 32.2. The Kier molecular flexibility index (Phi) is 3.80. The number of hydrogen-bond acceptors (Lipinski definition) is 5. The lowest BCUT2D eigenvalue weighted by Gasteiger charge is -2.20. The molecule has 1 heterocycles. The molecule has 1 aromatic heterocycles. The minimum Gasteiger partial charge on any atom is -0.495 e. The van der Waals surface area contributed by atoms with E-state index in [0.29, 0.717) is 11.4 Å². The van der Waals surface area contributed by atoms with E-state index >= 15 is 0 Å². The monoisotopic (exact) mass is 293 g/mol. The lowest BCUT2D eigenvalue weighted by molar-refractivity contribution is 0.403. The van der Waals surface area contributed by atoms with Crippen LogP contribution in [-0.2, 0) is 10.0 Å². The van der Waals surface area contributed by atoms with Gasteiger partial charge in [-0.2, -0.15) is 0 Å². The highest BCUT2D eigenvalue weighted by molar-refractivity contribution is 7.92. The summed E-state index contributed by atoms with van der Waals surface area (Å²) >= 11 is 0. The molecule has 0 aliphatic rings. The number of ether oxygens (including phenoxy) is 1. The van der Waals surface area contributed by atoms with Gasteiger partial charge in [0.25, 0.3) is 10.0 Å². The molecule has 0 atom stereocenters. The summed E-state index contributed by atoms with van der Waals surface area (Å²) in [6, 6.07) is 7.75. The quantitative estimate of drug-likeness (QED) is 0.863. The van der Waals surface area contributed by atoms with Gasteiger partial charge in [-0.05, 0) is 24.3 Å². The maximum Gasteiger partial charge on any atom is 0.267 e. The van der Waals surface area contributed by atoms with Gasteiger partial charge in [-0.15, -0.1) is 0 Å². The van der Waals surface area contributed by atoms with Crippen LogP contribution in [-0.4, -0.2) is 27.6 Å². The second-order valence-corrected chi connectivity index (χ2v) is 6.03. The molecule has 0 spiro atoms. The third-order valence-electron chi connectivity index (χ3n) is 2.84.